The second-order valence-electron chi connectivity index (χ2n) is 5.26. The van der Waals surface area contributed by atoms with E-state index in [2.05, 4.69) is 36.5 Å². The van der Waals surface area contributed by atoms with Crippen LogP contribution in [-0.4, -0.2) is 18.5 Å². The third-order valence-electron chi connectivity index (χ3n) is 4.04. The molecule has 0 spiro atoms. The molecule has 98 valence electrons. The number of rotatable bonds is 5. The van der Waals surface area contributed by atoms with E-state index in [1.807, 2.05) is 6.92 Å². The van der Waals surface area contributed by atoms with E-state index >= 15 is 0 Å². The molecule has 0 saturated heterocycles. The fraction of sp³-hybridized carbons (Fsp3) is 0.533. The molecule has 0 radical (unpaired) electrons. The van der Waals surface area contributed by atoms with Crippen LogP contribution in [0.1, 0.15) is 37.3 Å². The van der Waals surface area contributed by atoms with E-state index in [-0.39, 0.29) is 17.9 Å². The Kier molecular flexibility index (Phi) is 4.02. The van der Waals surface area contributed by atoms with Crippen LogP contribution in [0.2, 0.25) is 0 Å². The van der Waals surface area contributed by atoms with E-state index in [1.54, 1.807) is 0 Å². The summed E-state index contributed by atoms with van der Waals surface area (Å²) in [6, 6.07) is 8.03. The van der Waals surface area contributed by atoms with Gasteiger partial charge in [-0.15, -0.1) is 0 Å². The molecule has 0 saturated carbocycles. The van der Waals surface area contributed by atoms with E-state index in [0.717, 1.165) is 12.8 Å². The highest BCUT2D eigenvalue weighted by molar-refractivity contribution is 5.81. The molecular weight excluding hydrogens is 224 g/mol. The predicted molar refractivity (Wildman–Crippen MR) is 73.3 cm³/mol. The van der Waals surface area contributed by atoms with Gasteiger partial charge in [-0.25, -0.2) is 0 Å². The van der Waals surface area contributed by atoms with Gasteiger partial charge in [0.05, 0.1) is 6.04 Å². The fourth-order valence-electron chi connectivity index (χ4n) is 2.40. The van der Waals surface area contributed by atoms with Crippen LogP contribution in [0.5, 0.6) is 0 Å². The number of hydrogen-bond acceptors (Lipinski definition) is 2. The molecule has 0 aromatic heterocycles. The molecule has 0 heterocycles. The van der Waals surface area contributed by atoms with Crippen molar-refractivity contribution in [1.82, 2.24) is 5.32 Å². The Morgan fingerprint density at radius 1 is 1.50 bits per heavy atom. The van der Waals surface area contributed by atoms with Gasteiger partial charge < -0.3 is 11.1 Å². The number of nitrogens with one attached hydrogen (secondary N) is 1. The first kappa shape index (κ1) is 13.1. The second kappa shape index (κ2) is 5.53. The van der Waals surface area contributed by atoms with Crippen molar-refractivity contribution >= 4 is 5.91 Å². The van der Waals surface area contributed by atoms with Gasteiger partial charge in [0.15, 0.2) is 0 Å². The van der Waals surface area contributed by atoms with Crippen molar-refractivity contribution in [3.8, 4) is 0 Å². The van der Waals surface area contributed by atoms with Crippen LogP contribution in [0.4, 0.5) is 0 Å². The molecule has 0 fully saturated rings. The van der Waals surface area contributed by atoms with E-state index in [9.17, 15) is 4.79 Å². The lowest BCUT2D eigenvalue weighted by atomic mass is 9.77. The van der Waals surface area contributed by atoms with Crippen molar-refractivity contribution in [2.45, 2.75) is 38.6 Å². The standard InChI is InChI=1S/C15H22N2O/c1-3-10(2)14(16)15(18)17-9-12-8-11-6-4-5-7-13(11)12/h4-7,10,12,14H,3,8-9,16H2,1-2H3,(H,17,18). The molecule has 1 amide bonds. The monoisotopic (exact) mass is 246 g/mol. The zero-order valence-corrected chi connectivity index (χ0v) is 11.1. The van der Waals surface area contributed by atoms with E-state index < -0.39 is 0 Å². The van der Waals surface area contributed by atoms with Crippen molar-refractivity contribution in [2.24, 2.45) is 11.7 Å². The van der Waals surface area contributed by atoms with E-state index in [1.165, 1.54) is 11.1 Å². The van der Waals surface area contributed by atoms with Crippen LogP contribution in [-0.2, 0) is 11.2 Å². The minimum absolute atomic E-state index is 0.0197. The average molecular weight is 246 g/mol. The Labute approximate surface area is 109 Å². The van der Waals surface area contributed by atoms with Gasteiger partial charge in [0.1, 0.15) is 0 Å². The summed E-state index contributed by atoms with van der Waals surface area (Å²) in [6.45, 7) is 4.78. The van der Waals surface area contributed by atoms with Crippen molar-refractivity contribution in [3.05, 3.63) is 35.4 Å². The summed E-state index contributed by atoms with van der Waals surface area (Å²) in [5, 5.41) is 2.98. The molecule has 1 aromatic rings. The smallest absolute Gasteiger partial charge is 0.237 e. The maximum absolute atomic E-state index is 11.9. The summed E-state index contributed by atoms with van der Waals surface area (Å²) in [6.07, 6.45) is 2.00. The molecule has 3 atom stereocenters. The van der Waals surface area contributed by atoms with Crippen molar-refractivity contribution in [2.75, 3.05) is 6.54 Å². The number of nitrogens with two attached hydrogens (primary N) is 1. The van der Waals surface area contributed by atoms with Crippen molar-refractivity contribution in [3.63, 3.8) is 0 Å². The van der Waals surface area contributed by atoms with Gasteiger partial charge in [-0.3, -0.25) is 4.79 Å². The quantitative estimate of drug-likeness (QED) is 0.832. The molecule has 0 bridgehead atoms. The Morgan fingerprint density at radius 2 is 2.22 bits per heavy atom. The summed E-state index contributed by atoms with van der Waals surface area (Å²) >= 11 is 0. The van der Waals surface area contributed by atoms with Crippen LogP contribution in [0, 0.1) is 5.92 Å². The Morgan fingerprint density at radius 3 is 2.89 bits per heavy atom. The van der Waals surface area contributed by atoms with Gasteiger partial charge >= 0.3 is 0 Å². The van der Waals surface area contributed by atoms with Gasteiger partial charge in [0.25, 0.3) is 0 Å². The first-order valence-electron chi connectivity index (χ1n) is 6.74. The third-order valence-corrected chi connectivity index (χ3v) is 4.04. The zero-order chi connectivity index (χ0) is 13.1. The molecule has 2 rings (SSSR count). The molecule has 1 aliphatic rings. The summed E-state index contributed by atoms with van der Waals surface area (Å²) in [5.74, 6) is 0.682. The van der Waals surface area contributed by atoms with Gasteiger partial charge in [-0.05, 0) is 23.5 Å². The normalized spacial score (nSPS) is 20.5. The van der Waals surface area contributed by atoms with E-state index in [0.29, 0.717) is 12.5 Å². The summed E-state index contributed by atoms with van der Waals surface area (Å²) < 4.78 is 0. The Hall–Kier alpha value is -1.35. The van der Waals surface area contributed by atoms with Gasteiger partial charge in [0, 0.05) is 12.5 Å². The van der Waals surface area contributed by atoms with Crippen LogP contribution < -0.4 is 11.1 Å². The van der Waals surface area contributed by atoms with Gasteiger partial charge in [-0.1, -0.05) is 44.5 Å². The highest BCUT2D eigenvalue weighted by Gasteiger charge is 2.27. The molecule has 1 aliphatic carbocycles. The minimum Gasteiger partial charge on any atom is -0.354 e. The number of benzene rings is 1. The molecule has 3 heteroatoms. The van der Waals surface area contributed by atoms with Crippen LogP contribution in [0.3, 0.4) is 0 Å². The second-order valence-corrected chi connectivity index (χ2v) is 5.26. The number of carbonyl (C=O) groups excluding carboxylic acids is 1. The molecule has 1 aromatic carbocycles. The topological polar surface area (TPSA) is 55.1 Å². The third kappa shape index (κ3) is 2.56. The number of carbonyl (C=O) groups is 1. The highest BCUT2D eigenvalue weighted by atomic mass is 16.2. The first-order valence-corrected chi connectivity index (χ1v) is 6.74. The first-order chi connectivity index (χ1) is 8.63. The largest absolute Gasteiger partial charge is 0.354 e. The zero-order valence-electron chi connectivity index (χ0n) is 11.1. The lowest BCUT2D eigenvalue weighted by molar-refractivity contribution is -0.123. The lowest BCUT2D eigenvalue weighted by Gasteiger charge is -2.30. The molecule has 3 unspecified atom stereocenters. The SMILES string of the molecule is CCC(C)C(N)C(=O)NCC1Cc2ccccc21. The molecule has 3 nitrogen and oxygen atoms in total. The number of hydrogen-bond donors (Lipinski definition) is 2. The predicted octanol–water partition coefficient (Wildman–Crippen LogP) is 1.82. The Balaban J connectivity index is 1.82. The lowest BCUT2D eigenvalue weighted by Crippen LogP contribution is -2.46. The molecular formula is C15H22N2O. The maximum atomic E-state index is 11.9. The maximum Gasteiger partial charge on any atom is 0.237 e. The molecule has 18 heavy (non-hydrogen) atoms. The fourth-order valence-corrected chi connectivity index (χ4v) is 2.40. The van der Waals surface area contributed by atoms with Crippen molar-refractivity contribution in [1.29, 1.82) is 0 Å². The number of fused-ring (bicyclic) bond motifs is 1. The van der Waals surface area contributed by atoms with Gasteiger partial charge in [0.2, 0.25) is 5.91 Å². The summed E-state index contributed by atoms with van der Waals surface area (Å²) in [7, 11) is 0. The van der Waals surface area contributed by atoms with Crippen LogP contribution in [0.15, 0.2) is 24.3 Å². The van der Waals surface area contributed by atoms with Crippen LogP contribution in [0.25, 0.3) is 0 Å². The average Bonchev–Trinajstić information content (AvgIpc) is 2.37. The number of amides is 1. The minimum atomic E-state index is -0.384. The molecule has 0 aliphatic heterocycles. The highest BCUT2D eigenvalue weighted by Crippen LogP contribution is 2.33. The summed E-state index contributed by atoms with van der Waals surface area (Å²) in [5.41, 5.74) is 8.68. The van der Waals surface area contributed by atoms with Crippen LogP contribution >= 0.6 is 0 Å². The van der Waals surface area contributed by atoms with Crippen molar-refractivity contribution < 1.29 is 4.79 Å². The molecule has 3 N–H and O–H groups in total. The van der Waals surface area contributed by atoms with E-state index in [4.69, 9.17) is 5.73 Å². The Bertz CT molecular complexity index is 430. The summed E-state index contributed by atoms with van der Waals surface area (Å²) in [4.78, 5) is 11.9. The van der Waals surface area contributed by atoms with Gasteiger partial charge in [-0.2, -0.15) is 0 Å².